The number of allylic oxidation sites excluding steroid dienone is 2. The van der Waals surface area contributed by atoms with Crippen molar-refractivity contribution in [2.24, 2.45) is 10.9 Å². The lowest BCUT2D eigenvalue weighted by Crippen LogP contribution is -2.42. The minimum Gasteiger partial charge on any atom is -0.496 e. The van der Waals surface area contributed by atoms with Crippen LogP contribution in [0.5, 0.6) is 5.75 Å². The lowest BCUT2D eigenvalue weighted by atomic mass is 9.75. The van der Waals surface area contributed by atoms with Crippen molar-refractivity contribution in [3.63, 3.8) is 0 Å². The zero-order chi connectivity index (χ0) is 22.1. The van der Waals surface area contributed by atoms with E-state index < -0.39 is 17.8 Å². The number of carbonyl (C=O) groups is 2. The molecule has 3 heterocycles. The molecule has 0 bridgehead atoms. The highest BCUT2D eigenvalue weighted by atomic mass is 16.5. The van der Waals surface area contributed by atoms with Crippen molar-refractivity contribution >= 4 is 23.7 Å². The number of benzene rings is 1. The van der Waals surface area contributed by atoms with E-state index in [4.69, 9.17) is 9.47 Å². The number of rotatable bonds is 5. The summed E-state index contributed by atoms with van der Waals surface area (Å²) in [6, 6.07) is 11.3. The number of amidine groups is 1. The molecule has 0 saturated carbocycles. The Hall–Kier alpha value is -3.61. The SMILES string of the molecule is CCOC(=O)C1=C(C)NC2=N/C(=C\c3ccc(C)[nH]3)C(=O)C2C1c1ccccc1OC. The number of ketones is 1. The van der Waals surface area contributed by atoms with Gasteiger partial charge in [-0.15, -0.1) is 0 Å². The Bertz CT molecular complexity index is 1140. The summed E-state index contributed by atoms with van der Waals surface area (Å²) < 4.78 is 10.9. The van der Waals surface area contributed by atoms with Gasteiger partial charge in [-0.2, -0.15) is 0 Å². The Labute approximate surface area is 180 Å². The Morgan fingerprint density at radius 3 is 2.61 bits per heavy atom. The molecule has 2 aromatic rings. The van der Waals surface area contributed by atoms with Crippen LogP contribution in [0.3, 0.4) is 0 Å². The number of ether oxygens (including phenoxy) is 2. The van der Waals surface area contributed by atoms with Gasteiger partial charge in [0, 0.05) is 28.6 Å². The molecule has 0 fully saturated rings. The number of aromatic amines is 1. The summed E-state index contributed by atoms with van der Waals surface area (Å²) in [4.78, 5) is 34.2. The van der Waals surface area contributed by atoms with Crippen molar-refractivity contribution in [2.75, 3.05) is 13.7 Å². The van der Waals surface area contributed by atoms with Crippen LogP contribution in [0.1, 0.15) is 36.7 Å². The van der Waals surface area contributed by atoms with Crippen molar-refractivity contribution in [1.82, 2.24) is 10.3 Å². The molecule has 2 atom stereocenters. The van der Waals surface area contributed by atoms with Crippen LogP contribution in [-0.4, -0.2) is 36.3 Å². The highest BCUT2D eigenvalue weighted by Crippen LogP contribution is 2.45. The van der Waals surface area contributed by atoms with E-state index in [0.29, 0.717) is 28.6 Å². The van der Waals surface area contributed by atoms with Crippen molar-refractivity contribution in [1.29, 1.82) is 0 Å². The molecule has 2 aliphatic rings. The molecule has 31 heavy (non-hydrogen) atoms. The number of H-pyrrole nitrogens is 1. The second kappa shape index (κ2) is 8.26. The molecule has 2 unspecified atom stereocenters. The third-order valence-corrected chi connectivity index (χ3v) is 5.55. The Morgan fingerprint density at radius 2 is 1.94 bits per heavy atom. The first kappa shape index (κ1) is 20.7. The fraction of sp³-hybridized carbons (Fsp3) is 0.292. The van der Waals surface area contributed by atoms with E-state index in [1.54, 1.807) is 27.0 Å². The van der Waals surface area contributed by atoms with Crippen molar-refractivity contribution in [3.8, 4) is 5.75 Å². The molecule has 2 N–H and O–H groups in total. The summed E-state index contributed by atoms with van der Waals surface area (Å²) in [5.74, 6) is -0.706. The van der Waals surface area contributed by atoms with Crippen LogP contribution < -0.4 is 10.1 Å². The number of aryl methyl sites for hydroxylation is 1. The number of hydrogen-bond donors (Lipinski definition) is 2. The number of carbonyl (C=O) groups excluding carboxylic acids is 2. The first-order chi connectivity index (χ1) is 14.9. The number of hydrogen-bond acceptors (Lipinski definition) is 6. The molecule has 0 aliphatic carbocycles. The van der Waals surface area contributed by atoms with Crippen molar-refractivity contribution < 1.29 is 19.1 Å². The van der Waals surface area contributed by atoms with Crippen LogP contribution in [0.15, 0.2) is 58.4 Å². The summed E-state index contributed by atoms with van der Waals surface area (Å²) >= 11 is 0. The fourth-order valence-electron chi connectivity index (χ4n) is 4.22. The number of aromatic nitrogens is 1. The predicted octanol–water partition coefficient (Wildman–Crippen LogP) is 3.49. The van der Waals surface area contributed by atoms with Gasteiger partial charge in [0.2, 0.25) is 0 Å². The normalized spacial score (nSPS) is 21.6. The van der Waals surface area contributed by atoms with Gasteiger partial charge >= 0.3 is 5.97 Å². The molecule has 2 aliphatic heterocycles. The number of esters is 1. The number of nitrogens with zero attached hydrogens (tertiary/aromatic N) is 1. The number of para-hydroxylation sites is 1. The van der Waals surface area contributed by atoms with Crippen molar-refractivity contribution in [2.45, 2.75) is 26.7 Å². The lowest BCUT2D eigenvalue weighted by Gasteiger charge is -2.33. The molecule has 0 saturated heterocycles. The van der Waals surface area contributed by atoms with Gasteiger partial charge < -0.3 is 19.8 Å². The van der Waals surface area contributed by atoms with Crippen LogP contribution in [0.25, 0.3) is 6.08 Å². The minimum atomic E-state index is -0.665. The summed E-state index contributed by atoms with van der Waals surface area (Å²) in [6.07, 6.45) is 1.74. The van der Waals surface area contributed by atoms with E-state index in [0.717, 1.165) is 17.0 Å². The topological polar surface area (TPSA) is 92.8 Å². The third-order valence-electron chi connectivity index (χ3n) is 5.55. The summed E-state index contributed by atoms with van der Waals surface area (Å²) in [5, 5.41) is 3.17. The molecule has 0 amide bonds. The largest absolute Gasteiger partial charge is 0.496 e. The standard InChI is InChI=1S/C24H25N3O4/c1-5-31-24(29)19-14(3)26-23-21(20(19)16-8-6-7-9-18(16)30-4)22(28)17(27-23)12-15-11-10-13(2)25-15/h6-12,20-21,25H,5H2,1-4H3,(H,26,27)/b17-12-. The molecule has 7 heteroatoms. The zero-order valence-electron chi connectivity index (χ0n) is 18.0. The number of methoxy groups -OCH3 is 1. The quantitative estimate of drug-likeness (QED) is 0.572. The predicted molar refractivity (Wildman–Crippen MR) is 118 cm³/mol. The molecule has 7 nitrogen and oxygen atoms in total. The van der Waals surface area contributed by atoms with Crippen LogP contribution in [0.4, 0.5) is 0 Å². The molecule has 1 aromatic carbocycles. The van der Waals surface area contributed by atoms with Gasteiger partial charge in [0.15, 0.2) is 5.78 Å². The van der Waals surface area contributed by atoms with Crippen LogP contribution in [0, 0.1) is 12.8 Å². The van der Waals surface area contributed by atoms with E-state index >= 15 is 0 Å². The van der Waals surface area contributed by atoms with Gasteiger partial charge in [0.05, 0.1) is 25.2 Å². The van der Waals surface area contributed by atoms with Crippen molar-refractivity contribution in [3.05, 3.63) is 70.3 Å². The number of Topliss-reactive ketones (excluding diaryl/α,β-unsaturated/α-hetero) is 1. The average Bonchev–Trinajstić information content (AvgIpc) is 3.29. The lowest BCUT2D eigenvalue weighted by molar-refractivity contribution is -0.139. The Kier molecular flexibility index (Phi) is 5.50. The molecule has 0 spiro atoms. The van der Waals surface area contributed by atoms with Gasteiger partial charge in [0.25, 0.3) is 0 Å². The second-order valence-corrected chi connectivity index (χ2v) is 7.57. The highest BCUT2D eigenvalue weighted by molar-refractivity contribution is 6.21. The van der Waals surface area contributed by atoms with Gasteiger partial charge in [-0.1, -0.05) is 18.2 Å². The van der Waals surface area contributed by atoms with Gasteiger partial charge in [-0.25, -0.2) is 9.79 Å². The second-order valence-electron chi connectivity index (χ2n) is 7.57. The minimum absolute atomic E-state index is 0.153. The van der Waals surface area contributed by atoms with Crippen LogP contribution >= 0.6 is 0 Å². The number of nitrogens with one attached hydrogen (secondary N) is 2. The smallest absolute Gasteiger partial charge is 0.336 e. The molecule has 160 valence electrons. The van der Waals surface area contributed by atoms with E-state index in [-0.39, 0.29) is 12.4 Å². The molecular weight excluding hydrogens is 394 g/mol. The monoisotopic (exact) mass is 419 g/mol. The van der Waals surface area contributed by atoms with Gasteiger partial charge in [-0.3, -0.25) is 4.79 Å². The summed E-state index contributed by atoms with van der Waals surface area (Å²) in [7, 11) is 1.57. The highest BCUT2D eigenvalue weighted by Gasteiger charge is 2.48. The zero-order valence-corrected chi connectivity index (χ0v) is 18.0. The van der Waals surface area contributed by atoms with Gasteiger partial charge in [-0.05, 0) is 45.0 Å². The maximum absolute atomic E-state index is 13.5. The summed E-state index contributed by atoms with van der Waals surface area (Å²) in [6.45, 7) is 5.75. The maximum atomic E-state index is 13.5. The number of fused-ring (bicyclic) bond motifs is 1. The van der Waals surface area contributed by atoms with E-state index in [1.807, 2.05) is 43.3 Å². The molecule has 1 aromatic heterocycles. The Balaban J connectivity index is 1.84. The fourth-order valence-corrected chi connectivity index (χ4v) is 4.22. The molecular formula is C24H25N3O4. The average molecular weight is 419 g/mol. The van der Waals surface area contributed by atoms with Crippen LogP contribution in [-0.2, 0) is 14.3 Å². The van der Waals surface area contributed by atoms with E-state index in [2.05, 4.69) is 15.3 Å². The first-order valence-corrected chi connectivity index (χ1v) is 10.2. The summed E-state index contributed by atoms with van der Waals surface area (Å²) in [5.41, 5.74) is 3.92. The number of aliphatic imine (C=N–C) groups is 1. The van der Waals surface area contributed by atoms with Crippen LogP contribution in [0.2, 0.25) is 0 Å². The molecule has 4 rings (SSSR count). The Morgan fingerprint density at radius 1 is 1.16 bits per heavy atom. The maximum Gasteiger partial charge on any atom is 0.336 e. The van der Waals surface area contributed by atoms with Gasteiger partial charge in [0.1, 0.15) is 17.3 Å². The molecule has 0 radical (unpaired) electrons. The van der Waals surface area contributed by atoms with E-state index in [9.17, 15) is 9.59 Å². The van der Waals surface area contributed by atoms with E-state index in [1.165, 1.54) is 0 Å². The third kappa shape index (κ3) is 3.67. The first-order valence-electron chi connectivity index (χ1n) is 10.2.